The number of aromatic nitrogens is 2. The maximum atomic E-state index is 11.7. The molecule has 2 amide bonds. The lowest BCUT2D eigenvalue weighted by Gasteiger charge is -2.11. The van der Waals surface area contributed by atoms with E-state index in [0.717, 1.165) is 5.76 Å². The molecule has 2 rings (SSSR count). The van der Waals surface area contributed by atoms with Gasteiger partial charge >= 0.3 is 6.03 Å². The van der Waals surface area contributed by atoms with Gasteiger partial charge in [-0.1, -0.05) is 0 Å². The number of nitrogens with zero attached hydrogens (tertiary/aromatic N) is 2. The summed E-state index contributed by atoms with van der Waals surface area (Å²) in [5, 5.41) is 12.8. The van der Waals surface area contributed by atoms with Gasteiger partial charge in [0.15, 0.2) is 5.82 Å². The van der Waals surface area contributed by atoms with Crippen LogP contribution in [0.2, 0.25) is 0 Å². The molecule has 0 radical (unpaired) electrons. The first-order valence-corrected chi connectivity index (χ1v) is 5.56. The van der Waals surface area contributed by atoms with Crippen molar-refractivity contribution >= 4 is 11.8 Å². The first-order valence-electron chi connectivity index (χ1n) is 5.56. The molecule has 0 aliphatic rings. The summed E-state index contributed by atoms with van der Waals surface area (Å²) in [6.07, 6.45) is 1.54. The van der Waals surface area contributed by atoms with Crippen LogP contribution in [0.5, 0.6) is 0 Å². The van der Waals surface area contributed by atoms with Gasteiger partial charge in [-0.25, -0.2) is 4.79 Å². The van der Waals surface area contributed by atoms with Crippen LogP contribution >= 0.6 is 0 Å². The van der Waals surface area contributed by atoms with Gasteiger partial charge < -0.3 is 9.73 Å². The molecule has 0 fully saturated rings. The molecule has 6 nitrogen and oxygen atoms in total. The Morgan fingerprint density at radius 1 is 1.39 bits per heavy atom. The smallest absolute Gasteiger partial charge is 0.321 e. The van der Waals surface area contributed by atoms with Crippen LogP contribution in [0.1, 0.15) is 24.5 Å². The summed E-state index contributed by atoms with van der Waals surface area (Å²) in [4.78, 5) is 11.7. The predicted molar refractivity (Wildman–Crippen MR) is 66.0 cm³/mol. The molecule has 0 saturated carbocycles. The van der Waals surface area contributed by atoms with E-state index in [1.54, 1.807) is 12.1 Å². The Bertz CT molecular complexity index is 524. The van der Waals surface area contributed by atoms with E-state index in [1.165, 1.54) is 6.20 Å². The normalized spacial score (nSPS) is 11.9. The van der Waals surface area contributed by atoms with Gasteiger partial charge in [0.25, 0.3) is 0 Å². The standard InChI is InChI=1S/C12H14N4O2/c1-8-5-6-10(18-8)9(2)14-12(17)15-11-4-3-7-13-16-11/h3-7,9H,1-2H3,(H2,14,15,16,17)/t9-/m0/s1. The van der Waals surface area contributed by atoms with E-state index in [1.807, 2.05) is 26.0 Å². The van der Waals surface area contributed by atoms with Gasteiger partial charge in [-0.2, -0.15) is 5.10 Å². The number of carbonyl (C=O) groups excluding carboxylic acids is 1. The molecule has 0 aromatic carbocycles. The first-order chi connectivity index (χ1) is 8.65. The Hall–Kier alpha value is -2.37. The lowest BCUT2D eigenvalue weighted by molar-refractivity contribution is 0.247. The van der Waals surface area contributed by atoms with Crippen LogP contribution in [0.25, 0.3) is 0 Å². The molecule has 0 unspecified atom stereocenters. The number of urea groups is 1. The topological polar surface area (TPSA) is 80.0 Å². The molecule has 2 heterocycles. The van der Waals surface area contributed by atoms with Gasteiger partial charge in [0.2, 0.25) is 0 Å². The Kier molecular flexibility index (Phi) is 3.57. The van der Waals surface area contributed by atoms with Crippen LogP contribution in [0, 0.1) is 6.92 Å². The molecule has 18 heavy (non-hydrogen) atoms. The van der Waals surface area contributed by atoms with Crippen LogP contribution in [0.4, 0.5) is 10.6 Å². The number of amides is 2. The van der Waals surface area contributed by atoms with Crippen LogP contribution in [0.15, 0.2) is 34.9 Å². The molecule has 2 N–H and O–H groups in total. The van der Waals surface area contributed by atoms with Crippen molar-refractivity contribution < 1.29 is 9.21 Å². The van der Waals surface area contributed by atoms with Crippen molar-refractivity contribution in [3.05, 3.63) is 42.0 Å². The van der Waals surface area contributed by atoms with E-state index < -0.39 is 0 Å². The molecule has 1 atom stereocenters. The third kappa shape index (κ3) is 3.07. The van der Waals surface area contributed by atoms with Crippen LogP contribution in [-0.4, -0.2) is 16.2 Å². The number of rotatable bonds is 3. The number of carbonyl (C=O) groups is 1. The predicted octanol–water partition coefficient (Wildman–Crippen LogP) is 2.26. The second-order valence-corrected chi connectivity index (χ2v) is 3.88. The van der Waals surface area contributed by atoms with Crippen molar-refractivity contribution in [1.82, 2.24) is 15.5 Å². The molecule has 0 aliphatic carbocycles. The Labute approximate surface area is 104 Å². The van der Waals surface area contributed by atoms with Crippen molar-refractivity contribution in [1.29, 1.82) is 0 Å². The van der Waals surface area contributed by atoms with Gasteiger partial charge in [0.05, 0.1) is 6.04 Å². The number of aryl methyl sites for hydroxylation is 1. The highest BCUT2D eigenvalue weighted by molar-refractivity contribution is 5.88. The Morgan fingerprint density at radius 3 is 2.83 bits per heavy atom. The molecule has 94 valence electrons. The van der Waals surface area contributed by atoms with Crippen molar-refractivity contribution in [3.8, 4) is 0 Å². The largest absolute Gasteiger partial charge is 0.464 e. The number of nitrogens with one attached hydrogen (secondary N) is 2. The summed E-state index contributed by atoms with van der Waals surface area (Å²) in [5.41, 5.74) is 0. The third-order valence-electron chi connectivity index (χ3n) is 2.35. The van der Waals surface area contributed by atoms with Gasteiger partial charge in [0, 0.05) is 6.20 Å². The zero-order chi connectivity index (χ0) is 13.0. The summed E-state index contributed by atoms with van der Waals surface area (Å²) in [7, 11) is 0. The highest BCUT2D eigenvalue weighted by Gasteiger charge is 2.12. The number of hydrogen-bond donors (Lipinski definition) is 2. The minimum absolute atomic E-state index is 0.213. The van der Waals surface area contributed by atoms with Gasteiger partial charge in [-0.3, -0.25) is 5.32 Å². The van der Waals surface area contributed by atoms with Gasteiger partial charge in [0.1, 0.15) is 11.5 Å². The minimum atomic E-state index is -0.350. The van der Waals surface area contributed by atoms with E-state index >= 15 is 0 Å². The fourth-order valence-corrected chi connectivity index (χ4v) is 1.47. The second kappa shape index (κ2) is 5.31. The molecule has 0 spiro atoms. The molecule has 2 aromatic rings. The molecule has 6 heteroatoms. The van der Waals surface area contributed by atoms with Crippen molar-refractivity contribution in [2.24, 2.45) is 0 Å². The summed E-state index contributed by atoms with van der Waals surface area (Å²) in [6, 6.07) is 6.49. The van der Waals surface area contributed by atoms with E-state index in [4.69, 9.17) is 4.42 Å². The van der Waals surface area contributed by atoms with Crippen molar-refractivity contribution in [3.63, 3.8) is 0 Å². The number of furan rings is 1. The van der Waals surface area contributed by atoms with E-state index in [-0.39, 0.29) is 12.1 Å². The molecular formula is C12H14N4O2. The third-order valence-corrected chi connectivity index (χ3v) is 2.35. The number of anilines is 1. The molecule has 0 aliphatic heterocycles. The molecular weight excluding hydrogens is 232 g/mol. The lowest BCUT2D eigenvalue weighted by Crippen LogP contribution is -2.31. The summed E-state index contributed by atoms with van der Waals surface area (Å²) < 4.78 is 5.43. The molecule has 2 aromatic heterocycles. The highest BCUT2D eigenvalue weighted by Crippen LogP contribution is 2.15. The highest BCUT2D eigenvalue weighted by atomic mass is 16.3. The van der Waals surface area contributed by atoms with Crippen LogP contribution in [-0.2, 0) is 0 Å². The van der Waals surface area contributed by atoms with Gasteiger partial charge in [-0.15, -0.1) is 5.10 Å². The van der Waals surface area contributed by atoms with E-state index in [0.29, 0.717) is 11.6 Å². The summed E-state index contributed by atoms with van der Waals surface area (Å²) in [6.45, 7) is 3.70. The quantitative estimate of drug-likeness (QED) is 0.870. The van der Waals surface area contributed by atoms with Crippen molar-refractivity contribution in [2.45, 2.75) is 19.9 Å². The summed E-state index contributed by atoms with van der Waals surface area (Å²) in [5.74, 6) is 1.92. The average molecular weight is 246 g/mol. The Morgan fingerprint density at radius 2 is 2.22 bits per heavy atom. The second-order valence-electron chi connectivity index (χ2n) is 3.88. The fourth-order valence-electron chi connectivity index (χ4n) is 1.47. The number of hydrogen-bond acceptors (Lipinski definition) is 4. The van der Waals surface area contributed by atoms with Crippen molar-refractivity contribution in [2.75, 3.05) is 5.32 Å². The van der Waals surface area contributed by atoms with Crippen LogP contribution < -0.4 is 10.6 Å². The Balaban J connectivity index is 1.92. The fraction of sp³-hybridized carbons (Fsp3) is 0.250. The van der Waals surface area contributed by atoms with Crippen LogP contribution in [0.3, 0.4) is 0 Å². The van der Waals surface area contributed by atoms with E-state index in [2.05, 4.69) is 20.8 Å². The maximum Gasteiger partial charge on any atom is 0.321 e. The zero-order valence-corrected chi connectivity index (χ0v) is 10.2. The lowest BCUT2D eigenvalue weighted by atomic mass is 10.2. The molecule has 0 bridgehead atoms. The first kappa shape index (κ1) is 12.1. The SMILES string of the molecule is Cc1ccc([C@H](C)NC(=O)Nc2cccnn2)o1. The maximum absolute atomic E-state index is 11.7. The monoisotopic (exact) mass is 246 g/mol. The average Bonchev–Trinajstić information content (AvgIpc) is 2.77. The van der Waals surface area contributed by atoms with Gasteiger partial charge in [-0.05, 0) is 38.1 Å². The summed E-state index contributed by atoms with van der Waals surface area (Å²) >= 11 is 0. The minimum Gasteiger partial charge on any atom is -0.464 e. The van der Waals surface area contributed by atoms with E-state index in [9.17, 15) is 4.79 Å². The molecule has 0 saturated heterocycles. The zero-order valence-electron chi connectivity index (χ0n) is 10.2.